The average molecular weight is 443 g/mol. The molecule has 0 spiro atoms. The molecule has 0 aliphatic carbocycles. The van der Waals surface area contributed by atoms with Crippen molar-refractivity contribution in [3.05, 3.63) is 105 Å². The van der Waals surface area contributed by atoms with Gasteiger partial charge in [-0.1, -0.05) is 35.9 Å². The van der Waals surface area contributed by atoms with Gasteiger partial charge in [-0.3, -0.25) is 4.79 Å². The molecule has 0 aliphatic heterocycles. The molecule has 7 heteroatoms. The standard InChI is InChI=1S/C25H22N4O2S/c1-16-5-4-6-17(11-16)19-13-23(30)29(3)21-8-7-18(12-20(19)21)25(31,24-27-9-10-32-24)22-14-26-15-28(22)2/h4-15,31H,1-3H3. The Morgan fingerprint density at radius 3 is 2.62 bits per heavy atom. The Hall–Kier alpha value is -3.55. The number of aromatic nitrogens is 4. The van der Waals surface area contributed by atoms with Crippen LogP contribution in [0.1, 0.15) is 21.8 Å². The fourth-order valence-electron chi connectivity index (χ4n) is 4.23. The highest BCUT2D eigenvalue weighted by molar-refractivity contribution is 7.09. The lowest BCUT2D eigenvalue weighted by molar-refractivity contribution is 0.117. The lowest BCUT2D eigenvalue weighted by Crippen LogP contribution is -2.31. The van der Waals surface area contributed by atoms with Gasteiger partial charge in [0.15, 0.2) is 5.60 Å². The van der Waals surface area contributed by atoms with Crippen molar-refractivity contribution in [2.45, 2.75) is 12.5 Å². The lowest BCUT2D eigenvalue weighted by Gasteiger charge is -2.27. The van der Waals surface area contributed by atoms with Crippen LogP contribution >= 0.6 is 11.3 Å². The SMILES string of the molecule is Cc1cccc(-c2cc(=O)n(C)c3ccc(C(O)(c4nccs4)c4cncn4C)cc23)c1. The fraction of sp³-hybridized carbons (Fsp3) is 0.160. The number of thiazole rings is 1. The first-order chi connectivity index (χ1) is 15.4. The first-order valence-corrected chi connectivity index (χ1v) is 11.1. The van der Waals surface area contributed by atoms with E-state index in [1.54, 1.807) is 41.0 Å². The second-order valence-corrected chi connectivity index (χ2v) is 8.89. The van der Waals surface area contributed by atoms with E-state index in [9.17, 15) is 9.90 Å². The Bertz CT molecular complexity index is 1500. The van der Waals surface area contributed by atoms with Crippen LogP contribution < -0.4 is 5.56 Å². The molecular weight excluding hydrogens is 420 g/mol. The van der Waals surface area contributed by atoms with Crippen LogP contribution in [-0.4, -0.2) is 24.2 Å². The molecule has 2 aromatic carbocycles. The van der Waals surface area contributed by atoms with Gasteiger partial charge in [-0.05, 0) is 35.7 Å². The Balaban J connectivity index is 1.84. The maximum Gasteiger partial charge on any atom is 0.251 e. The summed E-state index contributed by atoms with van der Waals surface area (Å²) in [7, 11) is 3.61. The Labute approximate surface area is 189 Å². The predicted octanol–water partition coefficient (Wildman–Crippen LogP) is 3.99. The zero-order chi connectivity index (χ0) is 22.5. The van der Waals surface area contributed by atoms with Crippen molar-refractivity contribution in [1.29, 1.82) is 0 Å². The molecule has 0 fully saturated rings. The molecule has 0 bridgehead atoms. The Morgan fingerprint density at radius 2 is 1.94 bits per heavy atom. The third kappa shape index (κ3) is 3.09. The molecule has 5 rings (SSSR count). The molecule has 0 aliphatic rings. The number of hydrogen-bond acceptors (Lipinski definition) is 5. The van der Waals surface area contributed by atoms with Crippen LogP contribution in [0, 0.1) is 6.92 Å². The summed E-state index contributed by atoms with van der Waals surface area (Å²) in [4.78, 5) is 21.4. The quantitative estimate of drug-likeness (QED) is 0.457. The molecule has 6 nitrogen and oxygen atoms in total. The smallest absolute Gasteiger partial charge is 0.251 e. The monoisotopic (exact) mass is 442 g/mol. The van der Waals surface area contributed by atoms with Gasteiger partial charge >= 0.3 is 0 Å². The van der Waals surface area contributed by atoms with Crippen LogP contribution in [0.3, 0.4) is 0 Å². The zero-order valence-electron chi connectivity index (χ0n) is 18.0. The molecule has 1 N–H and O–H groups in total. The largest absolute Gasteiger partial charge is 0.372 e. The number of benzene rings is 2. The van der Waals surface area contributed by atoms with Crippen LogP contribution in [0.4, 0.5) is 0 Å². The van der Waals surface area contributed by atoms with E-state index in [1.165, 1.54) is 11.3 Å². The molecule has 0 saturated heterocycles. The van der Waals surface area contributed by atoms with Gasteiger partial charge in [0.1, 0.15) is 5.01 Å². The molecule has 0 saturated carbocycles. The Kier molecular flexibility index (Phi) is 4.80. The average Bonchev–Trinajstić information content (AvgIpc) is 3.48. The van der Waals surface area contributed by atoms with Gasteiger partial charge in [0, 0.05) is 37.1 Å². The molecule has 3 heterocycles. The van der Waals surface area contributed by atoms with Crippen LogP contribution in [0.5, 0.6) is 0 Å². The first kappa shape index (κ1) is 20.4. The second-order valence-electron chi connectivity index (χ2n) is 7.99. The fourth-order valence-corrected chi connectivity index (χ4v) is 4.99. The van der Waals surface area contributed by atoms with Crippen molar-refractivity contribution in [2.75, 3.05) is 0 Å². The summed E-state index contributed by atoms with van der Waals surface area (Å²) in [5.74, 6) is 0. The van der Waals surface area contributed by atoms with E-state index in [-0.39, 0.29) is 5.56 Å². The molecular formula is C25H22N4O2S. The summed E-state index contributed by atoms with van der Waals surface area (Å²) in [5, 5.41) is 15.4. The number of rotatable bonds is 4. The highest BCUT2D eigenvalue weighted by Crippen LogP contribution is 2.39. The van der Waals surface area contributed by atoms with Gasteiger partial charge < -0.3 is 14.2 Å². The summed E-state index contributed by atoms with van der Waals surface area (Å²) in [5.41, 5.74) is 3.43. The van der Waals surface area contributed by atoms with E-state index in [1.807, 2.05) is 55.7 Å². The van der Waals surface area contributed by atoms with Crippen molar-refractivity contribution in [1.82, 2.24) is 19.1 Å². The van der Waals surface area contributed by atoms with E-state index in [0.29, 0.717) is 16.3 Å². The number of aryl methyl sites for hydroxylation is 3. The van der Waals surface area contributed by atoms with E-state index < -0.39 is 5.60 Å². The molecule has 5 aromatic rings. The third-order valence-corrected chi connectivity index (χ3v) is 6.80. The van der Waals surface area contributed by atoms with Gasteiger partial charge in [0.25, 0.3) is 5.56 Å². The molecule has 3 aromatic heterocycles. The van der Waals surface area contributed by atoms with E-state index >= 15 is 0 Å². The minimum Gasteiger partial charge on any atom is -0.372 e. The summed E-state index contributed by atoms with van der Waals surface area (Å²) < 4.78 is 3.43. The maximum absolute atomic E-state index is 12.7. The topological polar surface area (TPSA) is 72.9 Å². The van der Waals surface area contributed by atoms with Crippen LogP contribution in [-0.2, 0) is 19.7 Å². The van der Waals surface area contributed by atoms with Crippen LogP contribution in [0.15, 0.2) is 77.4 Å². The summed E-state index contributed by atoms with van der Waals surface area (Å²) in [6.07, 6.45) is 5.01. The van der Waals surface area contributed by atoms with Gasteiger partial charge in [-0.2, -0.15) is 0 Å². The third-order valence-electron chi connectivity index (χ3n) is 5.92. The van der Waals surface area contributed by atoms with Gasteiger partial charge in [-0.15, -0.1) is 11.3 Å². The number of imidazole rings is 1. The van der Waals surface area contributed by atoms with Gasteiger partial charge in [0.05, 0.1) is 23.7 Å². The van der Waals surface area contributed by atoms with Crippen molar-refractivity contribution < 1.29 is 5.11 Å². The summed E-state index contributed by atoms with van der Waals surface area (Å²) in [6.45, 7) is 2.03. The molecule has 0 radical (unpaired) electrons. The molecule has 1 unspecified atom stereocenters. The zero-order valence-corrected chi connectivity index (χ0v) is 18.8. The molecule has 160 valence electrons. The normalized spacial score (nSPS) is 13.4. The van der Waals surface area contributed by atoms with E-state index in [2.05, 4.69) is 16.0 Å². The molecule has 1 atom stereocenters. The Morgan fingerprint density at radius 1 is 1.09 bits per heavy atom. The highest BCUT2D eigenvalue weighted by Gasteiger charge is 2.39. The van der Waals surface area contributed by atoms with Crippen molar-refractivity contribution in [3.63, 3.8) is 0 Å². The minimum atomic E-state index is -1.48. The van der Waals surface area contributed by atoms with Gasteiger partial charge in [0.2, 0.25) is 0 Å². The lowest BCUT2D eigenvalue weighted by atomic mass is 9.88. The summed E-state index contributed by atoms with van der Waals surface area (Å²) in [6, 6.07) is 15.4. The van der Waals surface area contributed by atoms with E-state index in [0.717, 1.165) is 27.6 Å². The number of hydrogen-bond donors (Lipinski definition) is 1. The van der Waals surface area contributed by atoms with Crippen molar-refractivity contribution in [3.8, 4) is 11.1 Å². The number of nitrogens with zero attached hydrogens (tertiary/aromatic N) is 4. The molecule has 0 amide bonds. The van der Waals surface area contributed by atoms with Crippen molar-refractivity contribution in [2.24, 2.45) is 14.1 Å². The molecule has 32 heavy (non-hydrogen) atoms. The highest BCUT2D eigenvalue weighted by atomic mass is 32.1. The number of aliphatic hydroxyl groups is 1. The maximum atomic E-state index is 12.7. The number of fused-ring (bicyclic) bond motifs is 1. The predicted molar refractivity (Wildman–Crippen MR) is 127 cm³/mol. The van der Waals surface area contributed by atoms with Crippen LogP contribution in [0.25, 0.3) is 22.0 Å². The minimum absolute atomic E-state index is 0.0800. The van der Waals surface area contributed by atoms with Gasteiger partial charge in [-0.25, -0.2) is 9.97 Å². The van der Waals surface area contributed by atoms with Crippen LogP contribution in [0.2, 0.25) is 0 Å². The van der Waals surface area contributed by atoms with E-state index in [4.69, 9.17) is 0 Å². The summed E-state index contributed by atoms with van der Waals surface area (Å²) >= 11 is 1.39. The first-order valence-electron chi connectivity index (χ1n) is 10.2. The van der Waals surface area contributed by atoms with Crippen molar-refractivity contribution >= 4 is 22.2 Å². The second kappa shape index (κ2) is 7.55. The number of pyridine rings is 1.